The number of carbonyl (C=O) groups excluding carboxylic acids is 1. The summed E-state index contributed by atoms with van der Waals surface area (Å²) in [5, 5.41) is 13.1. The second kappa shape index (κ2) is 9.64. The number of fused-ring (bicyclic) bond motifs is 1. The predicted molar refractivity (Wildman–Crippen MR) is 110 cm³/mol. The van der Waals surface area contributed by atoms with Crippen LogP contribution in [0.1, 0.15) is 24.8 Å². The molecule has 0 aliphatic rings. The van der Waals surface area contributed by atoms with Crippen LogP contribution < -0.4 is 5.32 Å². The largest absolute Gasteiger partial charge is 0.396 e. The Hall–Kier alpha value is -2.98. The fraction of sp³-hybridized carbons (Fsp3) is 0.217. The molecule has 2 N–H and O–H groups in total. The Balaban J connectivity index is 1.70. The van der Waals surface area contributed by atoms with Crippen molar-refractivity contribution in [2.45, 2.75) is 25.7 Å². The summed E-state index contributed by atoms with van der Waals surface area (Å²) in [4.78, 5) is 17.0. The highest BCUT2D eigenvalue weighted by molar-refractivity contribution is 6.00. The third-order valence-corrected chi connectivity index (χ3v) is 4.42. The molecule has 4 nitrogen and oxygen atoms in total. The Morgan fingerprint density at radius 1 is 1.04 bits per heavy atom. The Labute approximate surface area is 159 Å². The molecule has 0 saturated carbocycles. The number of benzene rings is 2. The fourth-order valence-electron chi connectivity index (χ4n) is 3.05. The summed E-state index contributed by atoms with van der Waals surface area (Å²) in [5.41, 5.74) is 3.76. The predicted octanol–water partition coefficient (Wildman–Crippen LogP) is 4.51. The zero-order valence-corrected chi connectivity index (χ0v) is 15.3. The number of carbonyl (C=O) groups is 1. The number of hydrogen-bond donors (Lipinski definition) is 2. The topological polar surface area (TPSA) is 62.2 Å². The van der Waals surface area contributed by atoms with Gasteiger partial charge in [-0.1, -0.05) is 60.2 Å². The van der Waals surface area contributed by atoms with Crippen LogP contribution in [0.2, 0.25) is 0 Å². The molecule has 0 fully saturated rings. The Kier molecular flexibility index (Phi) is 6.72. The molecule has 0 atom stereocenters. The molecule has 0 aliphatic heterocycles. The maximum absolute atomic E-state index is 12.6. The quantitative estimate of drug-likeness (QED) is 0.581. The first-order valence-corrected chi connectivity index (χ1v) is 9.22. The van der Waals surface area contributed by atoms with Gasteiger partial charge in [-0.05, 0) is 37.0 Å². The van der Waals surface area contributed by atoms with Crippen molar-refractivity contribution in [1.82, 2.24) is 4.98 Å². The Morgan fingerprint density at radius 3 is 2.67 bits per heavy atom. The molecule has 2 aromatic carbocycles. The van der Waals surface area contributed by atoms with Crippen LogP contribution in [0.5, 0.6) is 0 Å². The van der Waals surface area contributed by atoms with Crippen LogP contribution in [0.4, 0.5) is 5.69 Å². The first-order chi connectivity index (χ1) is 13.3. The van der Waals surface area contributed by atoms with E-state index in [-0.39, 0.29) is 12.5 Å². The zero-order chi connectivity index (χ0) is 18.9. The first kappa shape index (κ1) is 18.8. The van der Waals surface area contributed by atoms with Crippen LogP contribution in [0, 0.1) is 0 Å². The van der Waals surface area contributed by atoms with E-state index < -0.39 is 0 Å². The van der Waals surface area contributed by atoms with Crippen LogP contribution in [0.25, 0.3) is 10.9 Å². The van der Waals surface area contributed by atoms with E-state index in [1.165, 1.54) is 5.56 Å². The van der Waals surface area contributed by atoms with Gasteiger partial charge in [0.15, 0.2) is 0 Å². The molecular formula is C23H24N2O2. The van der Waals surface area contributed by atoms with Gasteiger partial charge in [-0.25, -0.2) is 0 Å². The molecule has 0 radical (unpaired) electrons. The van der Waals surface area contributed by atoms with E-state index in [0.29, 0.717) is 19.3 Å². The van der Waals surface area contributed by atoms with Gasteiger partial charge in [0, 0.05) is 24.6 Å². The second-order valence-corrected chi connectivity index (χ2v) is 6.48. The summed E-state index contributed by atoms with van der Waals surface area (Å²) in [6, 6.07) is 19.8. The number of aliphatic hydroxyl groups is 1. The minimum Gasteiger partial charge on any atom is -0.396 e. The normalized spacial score (nSPS) is 11.5. The highest BCUT2D eigenvalue weighted by atomic mass is 16.2. The first-order valence-electron chi connectivity index (χ1n) is 9.22. The van der Waals surface area contributed by atoms with Crippen molar-refractivity contribution in [1.29, 1.82) is 0 Å². The van der Waals surface area contributed by atoms with Crippen molar-refractivity contribution in [2.24, 2.45) is 0 Å². The summed E-state index contributed by atoms with van der Waals surface area (Å²) in [6.07, 6.45) is 6.30. The van der Waals surface area contributed by atoms with Crippen LogP contribution >= 0.6 is 0 Å². The molecule has 3 aromatic rings. The number of allylic oxidation sites excluding steroid dienone is 1. The van der Waals surface area contributed by atoms with Gasteiger partial charge in [0.2, 0.25) is 5.91 Å². The van der Waals surface area contributed by atoms with Gasteiger partial charge in [-0.15, -0.1) is 0 Å². The summed E-state index contributed by atoms with van der Waals surface area (Å²) < 4.78 is 0. The molecule has 0 saturated heterocycles. The van der Waals surface area contributed by atoms with Crippen molar-refractivity contribution in [3.63, 3.8) is 0 Å². The molecule has 0 unspecified atom stereocenters. The number of nitrogens with one attached hydrogen (secondary N) is 1. The molecule has 138 valence electrons. The summed E-state index contributed by atoms with van der Waals surface area (Å²) >= 11 is 0. The number of amides is 1. The second-order valence-electron chi connectivity index (χ2n) is 6.48. The van der Waals surface area contributed by atoms with E-state index in [0.717, 1.165) is 28.6 Å². The monoisotopic (exact) mass is 360 g/mol. The number of rotatable bonds is 8. The maximum Gasteiger partial charge on any atom is 0.228 e. The van der Waals surface area contributed by atoms with E-state index in [9.17, 15) is 4.79 Å². The molecule has 4 heteroatoms. The molecule has 0 spiro atoms. The fourth-order valence-corrected chi connectivity index (χ4v) is 3.05. The van der Waals surface area contributed by atoms with E-state index in [2.05, 4.69) is 28.5 Å². The lowest BCUT2D eigenvalue weighted by atomic mass is 10.0. The third kappa shape index (κ3) is 5.50. The van der Waals surface area contributed by atoms with Gasteiger partial charge in [-0.2, -0.15) is 0 Å². The molecule has 1 heterocycles. The summed E-state index contributed by atoms with van der Waals surface area (Å²) in [7, 11) is 0. The Bertz CT molecular complexity index is 915. The zero-order valence-electron chi connectivity index (χ0n) is 15.3. The molecule has 3 rings (SSSR count). The number of aliphatic hydroxyl groups excluding tert-OH is 1. The van der Waals surface area contributed by atoms with E-state index >= 15 is 0 Å². The minimum absolute atomic E-state index is 0.0644. The highest BCUT2D eigenvalue weighted by Crippen LogP contribution is 2.21. The number of pyridine rings is 1. The lowest BCUT2D eigenvalue weighted by molar-refractivity contribution is -0.115. The maximum atomic E-state index is 12.6. The lowest BCUT2D eigenvalue weighted by Gasteiger charge is -2.10. The minimum atomic E-state index is -0.0644. The molecule has 1 aromatic heterocycles. The number of anilines is 1. The van der Waals surface area contributed by atoms with Gasteiger partial charge in [0.05, 0.1) is 11.2 Å². The number of para-hydroxylation sites is 1. The van der Waals surface area contributed by atoms with E-state index in [1.807, 2.05) is 48.5 Å². The van der Waals surface area contributed by atoms with Crippen LogP contribution in [0.3, 0.4) is 0 Å². The Morgan fingerprint density at radius 2 is 1.85 bits per heavy atom. The average molecular weight is 360 g/mol. The number of nitrogens with zero attached hydrogens (tertiary/aromatic N) is 1. The standard InChI is InChI=1S/C23H24N2O2/c26-16-6-9-19(14-13-18-7-2-1-3-8-18)17-22(27)25-21-12-4-10-20-11-5-15-24-23(20)21/h1-5,7-8,10-12,14-15,26H,6,9,13,16-17H2,(H,25,27)/b19-14-. The van der Waals surface area contributed by atoms with Crippen LogP contribution in [-0.4, -0.2) is 22.6 Å². The van der Waals surface area contributed by atoms with Crippen molar-refractivity contribution in [3.05, 3.63) is 84.1 Å². The van der Waals surface area contributed by atoms with E-state index in [1.54, 1.807) is 6.20 Å². The molecular weight excluding hydrogens is 336 g/mol. The molecule has 0 bridgehead atoms. The molecule has 1 amide bonds. The van der Waals surface area contributed by atoms with Crippen molar-refractivity contribution in [3.8, 4) is 0 Å². The SMILES string of the molecule is O=C(C/C(=C\Cc1ccccc1)CCCO)Nc1cccc2cccnc12. The molecule has 0 aliphatic carbocycles. The van der Waals surface area contributed by atoms with Gasteiger partial charge in [0.1, 0.15) is 0 Å². The number of aromatic nitrogens is 1. The van der Waals surface area contributed by atoms with Gasteiger partial charge in [0.25, 0.3) is 0 Å². The van der Waals surface area contributed by atoms with Crippen molar-refractivity contribution < 1.29 is 9.90 Å². The van der Waals surface area contributed by atoms with Crippen LogP contribution in [0.15, 0.2) is 78.5 Å². The third-order valence-electron chi connectivity index (χ3n) is 4.42. The molecule has 27 heavy (non-hydrogen) atoms. The highest BCUT2D eigenvalue weighted by Gasteiger charge is 2.09. The number of hydrogen-bond acceptors (Lipinski definition) is 3. The van der Waals surface area contributed by atoms with Crippen molar-refractivity contribution >= 4 is 22.5 Å². The summed E-state index contributed by atoms with van der Waals surface area (Å²) in [5.74, 6) is -0.0644. The smallest absolute Gasteiger partial charge is 0.228 e. The summed E-state index contributed by atoms with van der Waals surface area (Å²) in [6.45, 7) is 0.123. The average Bonchev–Trinajstić information content (AvgIpc) is 2.71. The van der Waals surface area contributed by atoms with Crippen molar-refractivity contribution in [2.75, 3.05) is 11.9 Å². The van der Waals surface area contributed by atoms with Gasteiger partial charge < -0.3 is 10.4 Å². The lowest BCUT2D eigenvalue weighted by Crippen LogP contribution is -2.13. The van der Waals surface area contributed by atoms with Crippen LogP contribution in [-0.2, 0) is 11.2 Å². The van der Waals surface area contributed by atoms with Gasteiger partial charge >= 0.3 is 0 Å². The van der Waals surface area contributed by atoms with Gasteiger partial charge in [-0.3, -0.25) is 9.78 Å². The van der Waals surface area contributed by atoms with E-state index in [4.69, 9.17) is 5.11 Å².